The van der Waals surface area contributed by atoms with Crippen molar-refractivity contribution in [2.45, 2.75) is 40.3 Å². The summed E-state index contributed by atoms with van der Waals surface area (Å²) in [5.74, 6) is -0.320. The summed E-state index contributed by atoms with van der Waals surface area (Å²) in [4.78, 5) is 11.8. The molecule has 2 aromatic rings. The van der Waals surface area contributed by atoms with Gasteiger partial charge < -0.3 is 15.2 Å². The monoisotopic (exact) mass is 493 g/mol. The van der Waals surface area contributed by atoms with Gasteiger partial charge in [-0.1, -0.05) is 18.5 Å². The summed E-state index contributed by atoms with van der Waals surface area (Å²) in [6, 6.07) is 5.63. The fraction of sp³-hybridized carbons (Fsp3) is 0.381. The van der Waals surface area contributed by atoms with Crippen molar-refractivity contribution >= 4 is 36.6 Å². The van der Waals surface area contributed by atoms with Gasteiger partial charge in [-0.2, -0.15) is 13.2 Å². The Morgan fingerprint density at radius 3 is 2.31 bits per heavy atom. The molecule has 0 spiro atoms. The Kier molecular flexibility index (Phi) is 8.26. The van der Waals surface area contributed by atoms with Crippen LogP contribution in [0.2, 0.25) is 5.02 Å². The van der Waals surface area contributed by atoms with E-state index in [9.17, 15) is 22.5 Å². The zero-order valence-corrected chi connectivity index (χ0v) is 19.7. The Bertz CT molecular complexity index is 1020. The average molecular weight is 494 g/mol. The molecule has 11 heteroatoms. The van der Waals surface area contributed by atoms with Crippen molar-refractivity contribution < 1.29 is 36.5 Å². The second kappa shape index (κ2) is 10.1. The van der Waals surface area contributed by atoms with E-state index in [0.717, 1.165) is 18.2 Å². The van der Waals surface area contributed by atoms with Crippen LogP contribution in [0.5, 0.6) is 11.5 Å². The molecule has 1 unspecified atom stereocenters. The first-order chi connectivity index (χ1) is 14.7. The average Bonchev–Trinajstić information content (AvgIpc) is 2.68. The molecule has 32 heavy (non-hydrogen) atoms. The quantitative estimate of drug-likeness (QED) is 0.222. The van der Waals surface area contributed by atoms with Crippen molar-refractivity contribution in [1.29, 1.82) is 0 Å². The summed E-state index contributed by atoms with van der Waals surface area (Å²) in [7, 11) is -2.93. The zero-order valence-electron chi connectivity index (χ0n) is 17.9. The number of benzene rings is 2. The van der Waals surface area contributed by atoms with Crippen LogP contribution in [-0.4, -0.2) is 12.8 Å². The van der Waals surface area contributed by atoms with E-state index in [1.165, 1.54) is 12.1 Å². The van der Waals surface area contributed by atoms with Gasteiger partial charge in [0.15, 0.2) is 6.79 Å². The first kappa shape index (κ1) is 26.0. The summed E-state index contributed by atoms with van der Waals surface area (Å²) >= 11 is 5.97. The molecule has 0 saturated heterocycles. The topological polar surface area (TPSA) is 87.9 Å². The van der Waals surface area contributed by atoms with Gasteiger partial charge in [0.1, 0.15) is 11.5 Å². The van der Waals surface area contributed by atoms with Gasteiger partial charge in [-0.05, 0) is 63.1 Å². The van der Waals surface area contributed by atoms with Gasteiger partial charge in [-0.3, -0.25) is 13.9 Å². The predicted octanol–water partition coefficient (Wildman–Crippen LogP) is 5.96. The standard InChI is InChI=1S/C21H24ClF3NO5P/c1-5-12-8-15(26)18(32(28)30-11-29-19(27)20(2,3)4)10-17(12)31-16-7-6-13(9-14(16)22)21(23,24)25/h6-10,32H,5,11,26H2,1-4H3. The molecule has 176 valence electrons. The molecule has 0 fully saturated rings. The van der Waals surface area contributed by atoms with Crippen LogP contribution in [-0.2, 0) is 31.2 Å². The van der Waals surface area contributed by atoms with Crippen molar-refractivity contribution in [3.63, 3.8) is 0 Å². The third kappa shape index (κ3) is 6.64. The summed E-state index contributed by atoms with van der Waals surface area (Å²) in [6.45, 7) is 6.28. The van der Waals surface area contributed by atoms with E-state index in [1.54, 1.807) is 20.8 Å². The zero-order chi connectivity index (χ0) is 24.3. The molecule has 0 aliphatic heterocycles. The Balaban J connectivity index is 2.25. The summed E-state index contributed by atoms with van der Waals surface area (Å²) in [5, 5.41) is -0.115. The van der Waals surface area contributed by atoms with Gasteiger partial charge in [0, 0.05) is 5.69 Å². The van der Waals surface area contributed by atoms with E-state index in [2.05, 4.69) is 0 Å². The van der Waals surface area contributed by atoms with Gasteiger partial charge in [0.25, 0.3) is 0 Å². The Morgan fingerprint density at radius 1 is 1.12 bits per heavy atom. The molecule has 0 bridgehead atoms. The second-order valence-electron chi connectivity index (χ2n) is 7.88. The van der Waals surface area contributed by atoms with Crippen molar-refractivity contribution in [1.82, 2.24) is 0 Å². The number of alkyl halides is 3. The number of esters is 1. The first-order valence-corrected chi connectivity index (χ1v) is 11.2. The van der Waals surface area contributed by atoms with E-state index in [1.807, 2.05) is 6.92 Å². The Hall–Kier alpha value is -2.22. The highest BCUT2D eigenvalue weighted by Gasteiger charge is 2.31. The Morgan fingerprint density at radius 2 is 1.78 bits per heavy atom. The molecule has 0 amide bonds. The van der Waals surface area contributed by atoms with Crippen molar-refractivity contribution in [2.75, 3.05) is 12.5 Å². The predicted molar refractivity (Wildman–Crippen MR) is 117 cm³/mol. The molecular formula is C21H24ClF3NO5P. The SMILES string of the molecule is CCc1cc(N)c([PH](=O)OCOC(=O)C(C)(C)C)cc1Oc1ccc(C(F)(F)F)cc1Cl. The van der Waals surface area contributed by atoms with Gasteiger partial charge in [-0.25, -0.2) is 0 Å². The normalized spacial score (nSPS) is 13.0. The number of carbonyl (C=O) groups excluding carboxylic acids is 1. The molecule has 0 aromatic heterocycles. The van der Waals surface area contributed by atoms with Gasteiger partial charge in [0.05, 0.1) is 21.3 Å². The van der Waals surface area contributed by atoms with Gasteiger partial charge >= 0.3 is 12.1 Å². The fourth-order valence-corrected chi connectivity index (χ4v) is 3.60. The van der Waals surface area contributed by atoms with E-state index in [-0.39, 0.29) is 27.5 Å². The maximum Gasteiger partial charge on any atom is 0.416 e. The summed E-state index contributed by atoms with van der Waals surface area (Å²) < 4.78 is 67.0. The highest BCUT2D eigenvalue weighted by Crippen LogP contribution is 2.38. The van der Waals surface area contributed by atoms with E-state index in [0.29, 0.717) is 12.0 Å². The molecule has 2 aromatic carbocycles. The maximum absolute atomic E-state index is 12.9. The minimum absolute atomic E-state index is 0.00946. The lowest BCUT2D eigenvalue weighted by Gasteiger charge is -2.17. The Labute approximate surface area is 189 Å². The third-order valence-electron chi connectivity index (χ3n) is 4.31. The van der Waals surface area contributed by atoms with E-state index in [4.69, 9.17) is 31.3 Å². The van der Waals surface area contributed by atoms with E-state index >= 15 is 0 Å². The van der Waals surface area contributed by atoms with Gasteiger partial charge in [0.2, 0.25) is 8.03 Å². The molecular weight excluding hydrogens is 470 g/mol. The lowest BCUT2D eigenvalue weighted by Crippen LogP contribution is -2.23. The number of anilines is 1. The molecule has 0 aliphatic rings. The molecule has 2 N–H and O–H groups in total. The lowest BCUT2D eigenvalue weighted by molar-refractivity contribution is -0.159. The number of nitrogens with two attached hydrogens (primary N) is 1. The van der Waals surface area contributed by atoms with Crippen LogP contribution in [0, 0.1) is 5.41 Å². The number of rotatable bonds is 7. The largest absolute Gasteiger partial charge is 0.455 e. The number of nitrogen functional groups attached to an aromatic ring is 1. The lowest BCUT2D eigenvalue weighted by atomic mass is 9.98. The molecule has 0 aliphatic carbocycles. The molecule has 0 radical (unpaired) electrons. The van der Waals surface area contributed by atoms with Crippen molar-refractivity contribution in [2.24, 2.45) is 5.41 Å². The first-order valence-electron chi connectivity index (χ1n) is 9.55. The highest BCUT2D eigenvalue weighted by molar-refractivity contribution is 7.48. The number of halogens is 4. The number of hydrogen-bond acceptors (Lipinski definition) is 6. The maximum atomic E-state index is 12.9. The summed E-state index contributed by atoms with van der Waals surface area (Å²) in [6.07, 6.45) is -4.07. The van der Waals surface area contributed by atoms with Crippen LogP contribution in [0.25, 0.3) is 0 Å². The highest BCUT2D eigenvalue weighted by atomic mass is 35.5. The fourth-order valence-electron chi connectivity index (χ4n) is 2.50. The number of hydrogen-bond donors (Lipinski definition) is 1. The number of aryl methyl sites for hydroxylation is 1. The van der Waals surface area contributed by atoms with Crippen molar-refractivity contribution in [3.8, 4) is 11.5 Å². The smallest absolute Gasteiger partial charge is 0.416 e. The third-order valence-corrected chi connectivity index (χ3v) is 5.85. The van der Waals surface area contributed by atoms with Crippen LogP contribution in [0.3, 0.4) is 0 Å². The summed E-state index contributed by atoms with van der Waals surface area (Å²) in [5.41, 5.74) is 5.13. The van der Waals surface area contributed by atoms with Crippen LogP contribution < -0.4 is 15.8 Å². The van der Waals surface area contributed by atoms with Crippen LogP contribution >= 0.6 is 19.6 Å². The molecule has 0 saturated carbocycles. The minimum atomic E-state index is -4.54. The van der Waals surface area contributed by atoms with Crippen LogP contribution in [0.1, 0.15) is 38.8 Å². The van der Waals surface area contributed by atoms with Crippen molar-refractivity contribution in [3.05, 3.63) is 46.5 Å². The number of ether oxygens (including phenoxy) is 2. The van der Waals surface area contributed by atoms with Crippen LogP contribution in [0.4, 0.5) is 18.9 Å². The molecule has 0 heterocycles. The second-order valence-corrected chi connectivity index (χ2v) is 9.69. The van der Waals surface area contributed by atoms with E-state index < -0.39 is 37.9 Å². The number of carbonyl (C=O) groups is 1. The van der Waals surface area contributed by atoms with Crippen LogP contribution in [0.15, 0.2) is 30.3 Å². The molecule has 6 nitrogen and oxygen atoms in total. The molecule has 1 atom stereocenters. The molecule has 2 rings (SSSR count). The van der Waals surface area contributed by atoms with Gasteiger partial charge in [-0.15, -0.1) is 0 Å². The minimum Gasteiger partial charge on any atom is -0.455 e.